The molecule has 2 aliphatic heterocycles. The van der Waals surface area contributed by atoms with Gasteiger partial charge in [-0.25, -0.2) is 0 Å². The Hall–Kier alpha value is -1.25. The number of allylic oxidation sites excluding steroid dienone is 2. The van der Waals surface area contributed by atoms with E-state index in [1.165, 1.54) is 36.1 Å². The zero-order valence-electron chi connectivity index (χ0n) is 12.0. The molecule has 3 heterocycles. The molecule has 2 aromatic rings. The number of aromatic amines is 1. The van der Waals surface area contributed by atoms with Crippen molar-refractivity contribution in [3.63, 3.8) is 0 Å². The highest BCUT2D eigenvalue weighted by atomic mass is 35.5. The fraction of sp³-hybridized carbons (Fsp3) is 0.444. The maximum atomic E-state index is 6.35. The fourth-order valence-electron chi connectivity index (χ4n) is 4.82. The second-order valence-corrected chi connectivity index (χ2v) is 7.25. The summed E-state index contributed by atoms with van der Waals surface area (Å²) in [7, 11) is 0. The summed E-state index contributed by atoms with van der Waals surface area (Å²) < 4.78 is 0. The van der Waals surface area contributed by atoms with Crippen molar-refractivity contribution in [1.29, 1.82) is 0 Å². The van der Waals surface area contributed by atoms with Gasteiger partial charge in [-0.05, 0) is 42.7 Å². The van der Waals surface area contributed by atoms with Crippen LogP contribution in [0, 0.1) is 11.8 Å². The highest BCUT2D eigenvalue weighted by molar-refractivity contribution is 6.29. The average molecular weight is 299 g/mol. The van der Waals surface area contributed by atoms with E-state index in [0.29, 0.717) is 12.0 Å². The highest BCUT2D eigenvalue weighted by Gasteiger charge is 2.46. The Balaban J connectivity index is 1.65. The predicted molar refractivity (Wildman–Crippen MR) is 86.5 cm³/mol. The quantitative estimate of drug-likeness (QED) is 0.771. The molecule has 3 atom stereocenters. The molecule has 3 aliphatic rings. The predicted octanol–water partition coefficient (Wildman–Crippen LogP) is 4.23. The topological polar surface area (TPSA) is 19.0 Å². The minimum atomic E-state index is 0.550. The Morgan fingerprint density at radius 1 is 1.24 bits per heavy atom. The third kappa shape index (κ3) is 1.69. The van der Waals surface area contributed by atoms with E-state index in [2.05, 4.69) is 40.2 Å². The first-order valence-corrected chi connectivity index (χ1v) is 8.37. The Morgan fingerprint density at radius 2 is 2.14 bits per heavy atom. The standard InChI is InChI=1S/C18H19ClN2/c19-12-6-5-11-10-21-8-7-14-13-3-1-2-4-16(13)20-17(14)18(21)15(11)9-12/h1-4,6,11,15,18,20H,5,7-10H2/t11-,15-,18+/m1/s1. The van der Waals surface area contributed by atoms with E-state index in [9.17, 15) is 0 Å². The molecule has 5 rings (SSSR count). The summed E-state index contributed by atoms with van der Waals surface area (Å²) in [6, 6.07) is 9.30. The van der Waals surface area contributed by atoms with E-state index in [1.807, 2.05) is 0 Å². The van der Waals surface area contributed by atoms with Crippen LogP contribution in [0.15, 0.2) is 35.4 Å². The Morgan fingerprint density at radius 3 is 3.10 bits per heavy atom. The van der Waals surface area contributed by atoms with E-state index in [1.54, 1.807) is 5.56 Å². The van der Waals surface area contributed by atoms with Crippen LogP contribution in [-0.2, 0) is 6.42 Å². The summed E-state index contributed by atoms with van der Waals surface area (Å²) in [5, 5.41) is 2.49. The number of aromatic nitrogens is 1. The summed E-state index contributed by atoms with van der Waals surface area (Å²) in [4.78, 5) is 6.42. The molecule has 2 nitrogen and oxygen atoms in total. The second-order valence-electron chi connectivity index (χ2n) is 6.77. The summed E-state index contributed by atoms with van der Waals surface area (Å²) in [6.07, 6.45) is 5.64. The fourth-order valence-corrected chi connectivity index (χ4v) is 5.09. The van der Waals surface area contributed by atoms with Crippen molar-refractivity contribution in [1.82, 2.24) is 9.88 Å². The lowest BCUT2D eigenvalue weighted by atomic mass is 9.79. The zero-order valence-corrected chi connectivity index (χ0v) is 12.7. The van der Waals surface area contributed by atoms with Gasteiger partial charge in [0.05, 0.1) is 6.04 Å². The molecule has 0 spiro atoms. The number of benzene rings is 1. The Bertz CT molecular complexity index is 745. The number of rotatable bonds is 0. The van der Waals surface area contributed by atoms with E-state index in [-0.39, 0.29) is 0 Å². The van der Waals surface area contributed by atoms with Gasteiger partial charge >= 0.3 is 0 Å². The van der Waals surface area contributed by atoms with Gasteiger partial charge < -0.3 is 4.98 Å². The van der Waals surface area contributed by atoms with Gasteiger partial charge in [0.2, 0.25) is 0 Å². The molecule has 0 saturated carbocycles. The number of H-pyrrole nitrogens is 1. The third-order valence-electron chi connectivity index (χ3n) is 5.74. The van der Waals surface area contributed by atoms with Gasteiger partial charge in [0, 0.05) is 34.7 Å². The van der Waals surface area contributed by atoms with Crippen molar-refractivity contribution < 1.29 is 0 Å². The smallest absolute Gasteiger partial charge is 0.0536 e. The van der Waals surface area contributed by atoms with Crippen LogP contribution in [0.2, 0.25) is 0 Å². The lowest BCUT2D eigenvalue weighted by Crippen LogP contribution is -2.32. The van der Waals surface area contributed by atoms with Crippen LogP contribution in [-0.4, -0.2) is 23.0 Å². The summed E-state index contributed by atoms with van der Waals surface area (Å²) in [6.45, 7) is 2.44. The lowest BCUT2D eigenvalue weighted by Gasteiger charge is -2.33. The van der Waals surface area contributed by atoms with Crippen molar-refractivity contribution in [2.45, 2.75) is 25.3 Å². The summed E-state index contributed by atoms with van der Waals surface area (Å²) in [5.41, 5.74) is 4.32. The second kappa shape index (κ2) is 4.37. The Labute approximate surface area is 129 Å². The van der Waals surface area contributed by atoms with Gasteiger partial charge in [-0.3, -0.25) is 4.90 Å². The summed E-state index contributed by atoms with van der Waals surface area (Å²) in [5.74, 6) is 1.48. The maximum Gasteiger partial charge on any atom is 0.0536 e. The molecule has 1 aromatic carbocycles. The number of hydrogen-bond acceptors (Lipinski definition) is 1. The Kier molecular flexibility index (Phi) is 2.56. The van der Waals surface area contributed by atoms with Crippen LogP contribution in [0.5, 0.6) is 0 Å². The minimum absolute atomic E-state index is 0.550. The molecule has 1 fully saturated rings. The minimum Gasteiger partial charge on any atom is -0.357 e. The first-order chi connectivity index (χ1) is 10.3. The molecule has 0 bridgehead atoms. The molecule has 1 N–H and O–H groups in total. The maximum absolute atomic E-state index is 6.35. The van der Waals surface area contributed by atoms with Crippen LogP contribution in [0.25, 0.3) is 10.9 Å². The number of fused-ring (bicyclic) bond motifs is 7. The van der Waals surface area contributed by atoms with Crippen LogP contribution in [0.4, 0.5) is 0 Å². The number of para-hydroxylation sites is 1. The van der Waals surface area contributed by atoms with Gasteiger partial charge in [-0.2, -0.15) is 0 Å². The SMILES string of the molecule is ClC1=CC[C@@H]2CN3CCc4c([nH]c5ccccc45)[C@@H]3[C@@H]2C1. The van der Waals surface area contributed by atoms with Crippen molar-refractivity contribution in [3.8, 4) is 0 Å². The van der Waals surface area contributed by atoms with E-state index in [0.717, 1.165) is 23.8 Å². The molecule has 1 saturated heterocycles. The highest BCUT2D eigenvalue weighted by Crippen LogP contribution is 2.51. The monoisotopic (exact) mass is 298 g/mol. The van der Waals surface area contributed by atoms with Crippen molar-refractivity contribution in [2.75, 3.05) is 13.1 Å². The first-order valence-electron chi connectivity index (χ1n) is 7.99. The van der Waals surface area contributed by atoms with E-state index in [4.69, 9.17) is 11.6 Å². The van der Waals surface area contributed by atoms with Gasteiger partial charge in [0.25, 0.3) is 0 Å². The van der Waals surface area contributed by atoms with Crippen LogP contribution >= 0.6 is 11.6 Å². The van der Waals surface area contributed by atoms with E-state index >= 15 is 0 Å². The molecule has 3 heteroatoms. The molecule has 0 radical (unpaired) electrons. The number of halogens is 1. The molecular formula is C18H19ClN2. The van der Waals surface area contributed by atoms with Crippen molar-refractivity contribution in [2.24, 2.45) is 11.8 Å². The number of nitrogens with one attached hydrogen (secondary N) is 1. The summed E-state index contributed by atoms with van der Waals surface area (Å²) >= 11 is 6.35. The number of nitrogens with zero attached hydrogens (tertiary/aromatic N) is 1. The largest absolute Gasteiger partial charge is 0.357 e. The van der Waals surface area contributed by atoms with Gasteiger partial charge in [-0.15, -0.1) is 0 Å². The van der Waals surface area contributed by atoms with Crippen molar-refractivity contribution in [3.05, 3.63) is 46.6 Å². The molecular weight excluding hydrogens is 280 g/mol. The van der Waals surface area contributed by atoms with Gasteiger partial charge in [-0.1, -0.05) is 35.9 Å². The molecule has 0 amide bonds. The van der Waals surface area contributed by atoms with Crippen LogP contribution in [0.3, 0.4) is 0 Å². The molecule has 21 heavy (non-hydrogen) atoms. The molecule has 1 aromatic heterocycles. The molecule has 108 valence electrons. The van der Waals surface area contributed by atoms with Crippen molar-refractivity contribution >= 4 is 22.5 Å². The molecule has 1 aliphatic carbocycles. The zero-order chi connectivity index (χ0) is 14.0. The van der Waals surface area contributed by atoms with E-state index < -0.39 is 0 Å². The number of hydrogen-bond donors (Lipinski definition) is 1. The average Bonchev–Trinajstić information content (AvgIpc) is 3.04. The first kappa shape index (κ1) is 12.3. The van der Waals surface area contributed by atoms with Crippen LogP contribution in [0.1, 0.15) is 30.1 Å². The lowest BCUT2D eigenvalue weighted by molar-refractivity contribution is 0.210. The van der Waals surface area contributed by atoms with Gasteiger partial charge in [0.15, 0.2) is 0 Å². The molecule has 0 unspecified atom stereocenters. The van der Waals surface area contributed by atoms with Crippen LogP contribution < -0.4 is 0 Å². The normalized spacial score (nSPS) is 31.7. The van der Waals surface area contributed by atoms with Gasteiger partial charge in [0.1, 0.15) is 0 Å². The third-order valence-corrected chi connectivity index (χ3v) is 6.05.